The molecule has 34 heavy (non-hydrogen) atoms. The lowest BCUT2D eigenvalue weighted by molar-refractivity contribution is 0.325. The van der Waals surface area contributed by atoms with Gasteiger partial charge < -0.3 is 15.2 Å². The van der Waals surface area contributed by atoms with Crippen molar-refractivity contribution in [2.45, 2.75) is 51.5 Å². The molecule has 2 aliphatic heterocycles. The molecule has 1 aliphatic carbocycles. The summed E-state index contributed by atoms with van der Waals surface area (Å²) in [7, 11) is 0. The van der Waals surface area contributed by atoms with Crippen LogP contribution in [0.2, 0.25) is 0 Å². The third kappa shape index (κ3) is 4.78. The van der Waals surface area contributed by atoms with E-state index in [1.54, 1.807) is 0 Å². The van der Waals surface area contributed by atoms with Crippen LogP contribution in [0.3, 0.4) is 0 Å². The summed E-state index contributed by atoms with van der Waals surface area (Å²) in [6, 6.07) is 13.9. The van der Waals surface area contributed by atoms with Crippen molar-refractivity contribution in [2.24, 2.45) is 15.9 Å². The number of rotatable bonds is 4. The molecule has 0 spiro atoms. The number of hydrogen-bond acceptors (Lipinski definition) is 4. The molecule has 3 aliphatic rings. The summed E-state index contributed by atoms with van der Waals surface area (Å²) in [6.45, 7) is 4.97. The maximum atomic E-state index is 4.75. The molecule has 1 saturated carbocycles. The topological polar surface area (TPSA) is 53.7 Å². The van der Waals surface area contributed by atoms with Crippen LogP contribution in [0, 0.1) is 5.92 Å². The Morgan fingerprint density at radius 3 is 1.71 bits per heavy atom. The monoisotopic (exact) mass is 499 g/mol. The van der Waals surface area contributed by atoms with Gasteiger partial charge in [0.15, 0.2) is 0 Å². The van der Waals surface area contributed by atoms with E-state index in [2.05, 4.69) is 51.6 Å². The van der Waals surface area contributed by atoms with Crippen LogP contribution in [-0.2, 0) is 6.54 Å². The third-order valence-electron chi connectivity index (χ3n) is 7.37. The van der Waals surface area contributed by atoms with Gasteiger partial charge in [0.2, 0.25) is 0 Å². The summed E-state index contributed by atoms with van der Waals surface area (Å²) >= 11 is 0. The standard InChI is InChI=1S/C27H33N5.2ClH/c1-2-6-19(7-3-1)18-32-24-10-8-20(26-28-12-4-13-29-26)16-22(24)23-17-21(9-11-25(23)32)27-30-14-5-15-31-27;;/h8-11,16-17,19H,1-7,12-15,18H2,(H,28,29)(H,30,31);2*1H. The van der Waals surface area contributed by atoms with Crippen LogP contribution in [0.15, 0.2) is 46.4 Å². The summed E-state index contributed by atoms with van der Waals surface area (Å²) in [5, 5.41) is 9.67. The molecule has 7 heteroatoms. The van der Waals surface area contributed by atoms with Gasteiger partial charge in [0, 0.05) is 65.7 Å². The number of benzene rings is 2. The molecule has 0 unspecified atom stereocenters. The molecule has 1 aromatic heterocycles. The van der Waals surface area contributed by atoms with Crippen LogP contribution in [0.4, 0.5) is 0 Å². The zero-order valence-corrected chi connectivity index (χ0v) is 21.3. The zero-order chi connectivity index (χ0) is 21.3. The van der Waals surface area contributed by atoms with E-state index in [-0.39, 0.29) is 24.8 Å². The lowest BCUT2D eigenvalue weighted by atomic mass is 9.89. The number of fused-ring (bicyclic) bond motifs is 3. The second kappa shape index (κ2) is 11.0. The fourth-order valence-electron chi connectivity index (χ4n) is 5.68. The van der Waals surface area contributed by atoms with Crippen molar-refractivity contribution in [2.75, 3.05) is 26.2 Å². The fraction of sp³-hybridized carbons (Fsp3) is 0.481. The average Bonchev–Trinajstić information content (AvgIpc) is 3.18. The van der Waals surface area contributed by atoms with Gasteiger partial charge in [-0.05, 0) is 68.0 Å². The summed E-state index contributed by atoms with van der Waals surface area (Å²) in [5.41, 5.74) is 5.10. The van der Waals surface area contributed by atoms with Gasteiger partial charge in [0.1, 0.15) is 11.7 Å². The van der Waals surface area contributed by atoms with Crippen molar-refractivity contribution in [3.63, 3.8) is 0 Å². The normalized spacial score (nSPS) is 18.8. The van der Waals surface area contributed by atoms with Crippen LogP contribution < -0.4 is 10.6 Å². The number of amidine groups is 2. The molecule has 182 valence electrons. The van der Waals surface area contributed by atoms with Gasteiger partial charge in [-0.15, -0.1) is 24.8 Å². The van der Waals surface area contributed by atoms with E-state index in [1.807, 2.05) is 0 Å². The number of nitrogens with zero attached hydrogens (tertiary/aromatic N) is 3. The maximum absolute atomic E-state index is 4.75. The molecule has 0 bridgehead atoms. The molecular formula is C27H35Cl2N5. The SMILES string of the molecule is Cl.Cl.c1cc2c(cc1C1=NCCCN1)c1cc(C3=NCCCN3)ccc1n2CC1CCCCC1. The van der Waals surface area contributed by atoms with Crippen molar-refractivity contribution in [1.82, 2.24) is 15.2 Å². The van der Waals surface area contributed by atoms with Crippen LogP contribution in [0.25, 0.3) is 21.8 Å². The minimum absolute atomic E-state index is 0. The van der Waals surface area contributed by atoms with Gasteiger partial charge in [-0.3, -0.25) is 9.98 Å². The van der Waals surface area contributed by atoms with Crippen LogP contribution >= 0.6 is 24.8 Å². The minimum atomic E-state index is 0. The van der Waals surface area contributed by atoms with Gasteiger partial charge in [-0.2, -0.15) is 0 Å². The number of hydrogen-bond donors (Lipinski definition) is 2. The average molecular weight is 501 g/mol. The predicted octanol–water partition coefficient (Wildman–Crippen LogP) is 5.70. The van der Waals surface area contributed by atoms with Crippen LogP contribution in [0.1, 0.15) is 56.1 Å². The number of halogens is 2. The maximum Gasteiger partial charge on any atom is 0.128 e. The highest BCUT2D eigenvalue weighted by atomic mass is 35.5. The summed E-state index contributed by atoms with van der Waals surface area (Å²) in [5.74, 6) is 2.87. The molecule has 3 heterocycles. The van der Waals surface area contributed by atoms with E-state index in [1.165, 1.54) is 65.0 Å². The number of nitrogens with one attached hydrogen (secondary N) is 2. The molecule has 0 radical (unpaired) electrons. The Hall–Kier alpha value is -2.24. The Balaban J connectivity index is 0.00000137. The molecule has 0 amide bonds. The highest BCUT2D eigenvalue weighted by Crippen LogP contribution is 2.34. The summed E-state index contributed by atoms with van der Waals surface area (Å²) in [4.78, 5) is 9.50. The lowest BCUT2D eigenvalue weighted by Gasteiger charge is -2.23. The van der Waals surface area contributed by atoms with Gasteiger partial charge >= 0.3 is 0 Å². The molecule has 2 N–H and O–H groups in total. The first kappa shape index (κ1) is 24.9. The Morgan fingerprint density at radius 1 is 0.706 bits per heavy atom. The van der Waals surface area contributed by atoms with E-state index in [0.717, 1.165) is 63.2 Å². The first-order valence-corrected chi connectivity index (χ1v) is 12.5. The van der Waals surface area contributed by atoms with Crippen molar-refractivity contribution >= 4 is 58.3 Å². The van der Waals surface area contributed by atoms with Crippen molar-refractivity contribution in [1.29, 1.82) is 0 Å². The summed E-state index contributed by atoms with van der Waals surface area (Å²) in [6.07, 6.45) is 9.12. The van der Waals surface area contributed by atoms with Gasteiger partial charge in [-0.25, -0.2) is 0 Å². The Morgan fingerprint density at radius 2 is 1.24 bits per heavy atom. The van der Waals surface area contributed by atoms with Crippen LogP contribution in [0.5, 0.6) is 0 Å². The fourth-order valence-corrected chi connectivity index (χ4v) is 5.68. The van der Waals surface area contributed by atoms with Gasteiger partial charge in [0.05, 0.1) is 0 Å². The number of aliphatic imine (C=N–C) groups is 2. The highest BCUT2D eigenvalue weighted by Gasteiger charge is 2.20. The molecule has 6 rings (SSSR count). The second-order valence-corrected chi connectivity index (χ2v) is 9.60. The van der Waals surface area contributed by atoms with Crippen molar-refractivity contribution < 1.29 is 0 Å². The zero-order valence-electron chi connectivity index (χ0n) is 19.7. The molecule has 1 fully saturated rings. The lowest BCUT2D eigenvalue weighted by Crippen LogP contribution is -2.30. The molecule has 3 aromatic rings. The Kier molecular flexibility index (Phi) is 8.05. The van der Waals surface area contributed by atoms with E-state index in [9.17, 15) is 0 Å². The van der Waals surface area contributed by atoms with E-state index >= 15 is 0 Å². The quantitative estimate of drug-likeness (QED) is 0.483. The molecule has 2 aromatic carbocycles. The first-order chi connectivity index (χ1) is 15.9. The minimum Gasteiger partial charge on any atom is -0.370 e. The predicted molar refractivity (Wildman–Crippen MR) is 149 cm³/mol. The summed E-state index contributed by atoms with van der Waals surface area (Å²) < 4.78 is 2.58. The molecule has 5 nitrogen and oxygen atoms in total. The van der Waals surface area contributed by atoms with E-state index in [0.29, 0.717) is 0 Å². The van der Waals surface area contributed by atoms with E-state index in [4.69, 9.17) is 9.98 Å². The first-order valence-electron chi connectivity index (χ1n) is 12.5. The molecule has 0 atom stereocenters. The molecule has 0 saturated heterocycles. The van der Waals surface area contributed by atoms with Crippen LogP contribution in [-0.4, -0.2) is 42.4 Å². The molecular weight excluding hydrogens is 465 g/mol. The largest absolute Gasteiger partial charge is 0.370 e. The van der Waals surface area contributed by atoms with Gasteiger partial charge in [0.25, 0.3) is 0 Å². The van der Waals surface area contributed by atoms with E-state index < -0.39 is 0 Å². The van der Waals surface area contributed by atoms with Crippen molar-refractivity contribution in [3.8, 4) is 0 Å². The second-order valence-electron chi connectivity index (χ2n) is 9.60. The van der Waals surface area contributed by atoms with Gasteiger partial charge in [-0.1, -0.05) is 19.3 Å². The van der Waals surface area contributed by atoms with Crippen molar-refractivity contribution in [3.05, 3.63) is 47.5 Å². The highest BCUT2D eigenvalue weighted by molar-refractivity contribution is 6.13. The third-order valence-corrected chi connectivity index (χ3v) is 7.37. The smallest absolute Gasteiger partial charge is 0.128 e. The number of aromatic nitrogens is 1. The Bertz CT molecular complexity index is 1120. The Labute approximate surface area is 214 Å².